The monoisotopic (exact) mass is 342 g/mol. The maximum absolute atomic E-state index is 7.84. The first-order valence-electron chi connectivity index (χ1n) is 13.1. The maximum Gasteiger partial charge on any atom is 0.0718 e. The number of ether oxygens (including phenoxy) is 4. The normalized spacial score (nSPS) is 21.8. The Balaban J connectivity index is 2.11. The van der Waals surface area contributed by atoms with E-state index in [1.54, 1.807) is 60.7 Å². The molecule has 0 N–H and O–H groups in total. The molecule has 0 heterocycles. The van der Waals surface area contributed by atoms with Gasteiger partial charge in [0.25, 0.3) is 0 Å². The third kappa shape index (κ3) is 8.79. The summed E-state index contributed by atoms with van der Waals surface area (Å²) < 4.78 is 113. The van der Waals surface area contributed by atoms with Gasteiger partial charge in [0.1, 0.15) is 0 Å². The largest absolute Gasteiger partial charge is 0.377 e. The molecule has 0 aliphatic heterocycles. The quantitative estimate of drug-likeness (QED) is 0.559. The van der Waals surface area contributed by atoms with E-state index in [9.17, 15) is 0 Å². The number of hydrogen-bond donors (Lipinski definition) is 0. The Kier molecular flexibility index (Phi) is 4.28. The van der Waals surface area contributed by atoms with E-state index >= 15 is 0 Å². The van der Waals surface area contributed by atoms with Crippen LogP contribution in [0.15, 0.2) is 60.7 Å². The summed E-state index contributed by atoms with van der Waals surface area (Å²) in [6.07, 6.45) is 0. The molecule has 0 aliphatic carbocycles. The Morgan fingerprint density at radius 1 is 0.500 bits per heavy atom. The van der Waals surface area contributed by atoms with Crippen LogP contribution in [0.5, 0.6) is 0 Å². The van der Waals surface area contributed by atoms with Crippen LogP contribution >= 0.6 is 0 Å². The molecule has 0 spiro atoms. The van der Waals surface area contributed by atoms with Crippen molar-refractivity contribution in [2.24, 2.45) is 0 Å². The zero-order valence-corrected chi connectivity index (χ0v) is 12.8. The fraction of sp³-hybridized carbons (Fsp3) is 0.400. The van der Waals surface area contributed by atoms with Gasteiger partial charge in [-0.25, -0.2) is 0 Å². The minimum Gasteiger partial charge on any atom is -0.377 e. The van der Waals surface area contributed by atoms with Crippen molar-refractivity contribution in [1.29, 1.82) is 0 Å². The third-order valence-electron chi connectivity index (χ3n) is 2.64. The molecule has 0 amide bonds. The minimum absolute atomic E-state index is 0.412. The van der Waals surface area contributed by atoms with Crippen LogP contribution in [0.1, 0.15) is 27.6 Å². The number of rotatable bonds is 13. The van der Waals surface area contributed by atoms with Gasteiger partial charge in [-0.15, -0.1) is 0 Å². The second kappa shape index (κ2) is 12.7. The molecule has 4 nitrogen and oxygen atoms in total. The molecule has 0 fully saturated rings. The fourth-order valence-corrected chi connectivity index (χ4v) is 1.58. The van der Waals surface area contributed by atoms with Crippen LogP contribution < -0.4 is 0 Å². The van der Waals surface area contributed by atoms with Crippen LogP contribution in [0.4, 0.5) is 0 Å². The lowest BCUT2D eigenvalue weighted by Gasteiger charge is -2.07. The zero-order chi connectivity index (χ0) is 27.5. The van der Waals surface area contributed by atoms with Gasteiger partial charge >= 0.3 is 0 Å². The summed E-state index contributed by atoms with van der Waals surface area (Å²) in [6, 6.07) is 16.3. The Hall–Kier alpha value is -1.72. The Morgan fingerprint density at radius 3 is 1.21 bits per heavy atom. The van der Waals surface area contributed by atoms with E-state index in [0.717, 1.165) is 0 Å². The van der Waals surface area contributed by atoms with Crippen molar-refractivity contribution in [2.45, 2.75) is 13.2 Å². The van der Waals surface area contributed by atoms with E-state index in [-0.39, 0.29) is 0 Å². The van der Waals surface area contributed by atoms with Crippen LogP contribution in [0, 0.1) is 0 Å². The van der Waals surface area contributed by atoms with Gasteiger partial charge in [0, 0.05) is 0 Å². The van der Waals surface area contributed by atoms with Crippen molar-refractivity contribution in [1.82, 2.24) is 0 Å². The second-order valence-corrected chi connectivity index (χ2v) is 4.37. The predicted octanol–water partition coefficient (Wildman–Crippen LogP) is 3.45. The molecule has 0 unspecified atom stereocenters. The molecule has 2 aromatic carbocycles. The second-order valence-electron chi connectivity index (χ2n) is 4.37. The highest BCUT2D eigenvalue weighted by molar-refractivity contribution is 5.14. The predicted molar refractivity (Wildman–Crippen MR) is 93.8 cm³/mol. The summed E-state index contributed by atoms with van der Waals surface area (Å²) in [7, 11) is 0. The summed E-state index contributed by atoms with van der Waals surface area (Å²) in [4.78, 5) is 0. The average Bonchev–Trinajstić information content (AvgIpc) is 2.76. The van der Waals surface area contributed by atoms with E-state index in [1.165, 1.54) is 0 Å². The molecule has 0 saturated carbocycles. The lowest BCUT2D eigenvalue weighted by molar-refractivity contribution is -0.00618. The topological polar surface area (TPSA) is 36.9 Å². The van der Waals surface area contributed by atoms with Gasteiger partial charge in [-0.3, -0.25) is 0 Å². The van der Waals surface area contributed by atoms with E-state index in [1.807, 2.05) is 0 Å². The van der Waals surface area contributed by atoms with Crippen LogP contribution in [0.25, 0.3) is 0 Å². The zero-order valence-electron chi connectivity index (χ0n) is 24.8. The molecule has 2 rings (SSSR count). The first kappa shape index (κ1) is 8.11. The van der Waals surface area contributed by atoms with Gasteiger partial charge in [-0.2, -0.15) is 0 Å². The van der Waals surface area contributed by atoms with E-state index in [4.69, 9.17) is 25.9 Å². The van der Waals surface area contributed by atoms with Gasteiger partial charge in [-0.05, 0) is 11.1 Å². The average molecular weight is 342 g/mol. The van der Waals surface area contributed by atoms with Crippen molar-refractivity contribution in [2.75, 3.05) is 39.4 Å². The lowest BCUT2D eigenvalue weighted by atomic mass is 10.2. The highest BCUT2D eigenvalue weighted by atomic mass is 16.6. The lowest BCUT2D eigenvalue weighted by Crippen LogP contribution is -2.11. The van der Waals surface area contributed by atoms with E-state index in [2.05, 4.69) is 9.47 Å². The van der Waals surface area contributed by atoms with Gasteiger partial charge in [-0.1, -0.05) is 60.7 Å². The van der Waals surface area contributed by atoms with Gasteiger partial charge in [0.2, 0.25) is 0 Å². The molecule has 0 atom stereocenters. The summed E-state index contributed by atoms with van der Waals surface area (Å²) in [5.41, 5.74) is 0.953. The molecular weight excluding hydrogens is 304 g/mol. The molecule has 24 heavy (non-hydrogen) atoms. The standard InChI is InChI=1S/C20H26O4/c1-3-7-19(8-4-1)17-23-15-13-21-11-12-22-14-16-24-18-20-9-5-2-6-10-20/h1-10H,11-18H2/i11D2,12D2,13D2,14D2,15D2,16D2. The first-order chi connectivity index (χ1) is 16.3. The molecule has 0 aromatic heterocycles. The van der Waals surface area contributed by atoms with Crippen LogP contribution in [0.3, 0.4) is 0 Å². The fourth-order valence-electron chi connectivity index (χ4n) is 1.58. The summed E-state index contributed by atoms with van der Waals surface area (Å²) >= 11 is 0. The molecule has 0 aliphatic rings. The van der Waals surface area contributed by atoms with Crippen molar-refractivity contribution >= 4 is 0 Å². The SMILES string of the molecule is [2H]C([2H])(OCc1ccccc1)C([2H])([2H])OC([2H])([2H])C([2H])([2H])OC([2H])([2H])C([2H])([2H])OCc1ccccc1. The highest BCUT2D eigenvalue weighted by Gasteiger charge is 1.95. The van der Waals surface area contributed by atoms with Crippen LogP contribution in [-0.4, -0.2) is 39.4 Å². The molecule has 0 saturated heterocycles. The third-order valence-corrected chi connectivity index (χ3v) is 2.64. The van der Waals surface area contributed by atoms with Crippen LogP contribution in [-0.2, 0) is 32.2 Å². The molecule has 2 aromatic rings. The van der Waals surface area contributed by atoms with Crippen molar-refractivity contribution in [3.05, 3.63) is 71.8 Å². The summed E-state index contributed by atoms with van der Waals surface area (Å²) in [6.45, 7) is -22.2. The first-order valence-corrected chi connectivity index (χ1v) is 7.08. The smallest absolute Gasteiger partial charge is 0.0718 e. The number of hydrogen-bond acceptors (Lipinski definition) is 4. The molecule has 0 radical (unpaired) electrons. The number of benzene rings is 2. The molecule has 130 valence electrons. The Bertz CT molecular complexity index is 892. The molecular formula is C20H26O4. The van der Waals surface area contributed by atoms with Gasteiger partial charge < -0.3 is 18.9 Å². The Morgan fingerprint density at radius 2 is 0.833 bits per heavy atom. The Labute approximate surface area is 161 Å². The minimum atomic E-state index is -3.82. The van der Waals surface area contributed by atoms with Crippen LogP contribution in [0.2, 0.25) is 0 Å². The van der Waals surface area contributed by atoms with E-state index in [0.29, 0.717) is 11.1 Å². The molecule has 0 bridgehead atoms. The molecule has 4 heteroatoms. The maximum atomic E-state index is 7.84. The van der Waals surface area contributed by atoms with Crippen molar-refractivity contribution < 1.29 is 35.4 Å². The highest BCUT2D eigenvalue weighted by Crippen LogP contribution is 2.01. The van der Waals surface area contributed by atoms with E-state index < -0.39 is 52.6 Å². The summed E-state index contributed by atoms with van der Waals surface area (Å²) in [5.74, 6) is 0. The van der Waals surface area contributed by atoms with Gasteiger partial charge in [0.05, 0.1) is 69.0 Å². The summed E-state index contributed by atoms with van der Waals surface area (Å²) in [5, 5.41) is 0. The van der Waals surface area contributed by atoms with Crippen molar-refractivity contribution in [3.63, 3.8) is 0 Å². The van der Waals surface area contributed by atoms with Gasteiger partial charge in [0.15, 0.2) is 0 Å². The van der Waals surface area contributed by atoms with Crippen molar-refractivity contribution in [3.8, 4) is 0 Å².